The molecule has 0 radical (unpaired) electrons. The smallest absolute Gasteiger partial charge is 0.226 e. The quantitative estimate of drug-likeness (QED) is 0.744. The first kappa shape index (κ1) is 21.4. The molecule has 0 aliphatic carbocycles. The number of rotatable bonds is 7. The topological polar surface area (TPSA) is 81.2 Å². The summed E-state index contributed by atoms with van der Waals surface area (Å²) >= 11 is 0. The maximum absolute atomic E-state index is 11.8. The van der Waals surface area contributed by atoms with Gasteiger partial charge in [-0.05, 0) is 38.4 Å². The number of amides is 1. The standard InChI is InChI=1S/C16H21N3O2.2ClH/c1-12-14(11-15(20)18-10-6-5-9-17)19-16(21-12)13-7-3-2-4-8-13;;/h2-4,7-8H,5-6,9-11,17H2,1H3,(H,18,20);2*1H. The number of nitrogens with one attached hydrogen (secondary N) is 1. The Bertz CT molecular complexity index is 588. The number of carbonyl (C=O) groups is 1. The Balaban J connectivity index is 0.00000242. The first-order valence-corrected chi connectivity index (χ1v) is 7.19. The Labute approximate surface area is 148 Å². The van der Waals surface area contributed by atoms with E-state index in [1.54, 1.807) is 0 Å². The van der Waals surface area contributed by atoms with Crippen molar-refractivity contribution in [2.24, 2.45) is 5.73 Å². The van der Waals surface area contributed by atoms with Crippen molar-refractivity contribution in [2.45, 2.75) is 26.2 Å². The second kappa shape index (κ2) is 11.0. The highest BCUT2D eigenvalue weighted by Gasteiger charge is 2.14. The van der Waals surface area contributed by atoms with Crippen LogP contribution in [0.15, 0.2) is 34.7 Å². The summed E-state index contributed by atoms with van der Waals surface area (Å²) in [6.45, 7) is 3.13. The molecule has 2 rings (SSSR count). The van der Waals surface area contributed by atoms with E-state index >= 15 is 0 Å². The molecule has 0 unspecified atom stereocenters. The van der Waals surface area contributed by atoms with Crippen LogP contribution in [0.5, 0.6) is 0 Å². The minimum absolute atomic E-state index is 0. The van der Waals surface area contributed by atoms with Gasteiger partial charge in [0.25, 0.3) is 0 Å². The van der Waals surface area contributed by atoms with E-state index in [9.17, 15) is 4.79 Å². The highest BCUT2D eigenvalue weighted by atomic mass is 35.5. The molecule has 0 spiro atoms. The van der Waals surface area contributed by atoms with Gasteiger partial charge in [-0.3, -0.25) is 4.79 Å². The van der Waals surface area contributed by atoms with Crippen molar-refractivity contribution in [3.8, 4) is 11.5 Å². The van der Waals surface area contributed by atoms with Gasteiger partial charge in [0.2, 0.25) is 11.8 Å². The summed E-state index contributed by atoms with van der Waals surface area (Å²) in [5.74, 6) is 1.20. The van der Waals surface area contributed by atoms with Crippen LogP contribution in [0.2, 0.25) is 0 Å². The Hall–Kier alpha value is -1.56. The molecule has 1 aromatic carbocycles. The van der Waals surface area contributed by atoms with E-state index in [1.165, 1.54) is 0 Å². The molecule has 0 bridgehead atoms. The predicted molar refractivity (Wildman–Crippen MR) is 96.2 cm³/mol. The van der Waals surface area contributed by atoms with Gasteiger partial charge in [-0.1, -0.05) is 18.2 Å². The first-order chi connectivity index (χ1) is 10.2. The summed E-state index contributed by atoms with van der Waals surface area (Å²) in [4.78, 5) is 16.3. The monoisotopic (exact) mass is 359 g/mol. The van der Waals surface area contributed by atoms with E-state index in [-0.39, 0.29) is 37.1 Å². The molecule has 2 aromatic rings. The molecule has 0 saturated carbocycles. The lowest BCUT2D eigenvalue weighted by molar-refractivity contribution is -0.120. The van der Waals surface area contributed by atoms with E-state index in [0.717, 1.165) is 18.4 Å². The highest BCUT2D eigenvalue weighted by Crippen LogP contribution is 2.21. The number of nitrogens with zero attached hydrogens (tertiary/aromatic N) is 1. The molecular formula is C16H23Cl2N3O2. The van der Waals surface area contributed by atoms with Crippen LogP contribution in [0, 0.1) is 6.92 Å². The molecule has 23 heavy (non-hydrogen) atoms. The molecule has 0 aliphatic heterocycles. The van der Waals surface area contributed by atoms with Crippen molar-refractivity contribution >= 4 is 30.7 Å². The zero-order valence-corrected chi connectivity index (χ0v) is 14.7. The average Bonchev–Trinajstić information content (AvgIpc) is 2.86. The molecule has 128 valence electrons. The normalized spacial score (nSPS) is 9.65. The van der Waals surface area contributed by atoms with Crippen LogP contribution >= 0.6 is 24.8 Å². The summed E-state index contributed by atoms with van der Waals surface area (Å²) in [7, 11) is 0. The van der Waals surface area contributed by atoms with Crippen molar-refractivity contribution in [3.63, 3.8) is 0 Å². The zero-order chi connectivity index (χ0) is 15.1. The maximum atomic E-state index is 11.8. The minimum Gasteiger partial charge on any atom is -0.441 e. The Morgan fingerprint density at radius 1 is 1.22 bits per heavy atom. The molecule has 0 aliphatic rings. The molecule has 0 atom stereocenters. The summed E-state index contributed by atoms with van der Waals surface area (Å²) in [5.41, 5.74) is 7.01. The van der Waals surface area contributed by atoms with E-state index in [1.807, 2.05) is 37.3 Å². The van der Waals surface area contributed by atoms with E-state index in [2.05, 4.69) is 10.3 Å². The second-order valence-corrected chi connectivity index (χ2v) is 4.91. The van der Waals surface area contributed by atoms with E-state index in [0.29, 0.717) is 30.4 Å². The van der Waals surface area contributed by atoms with Crippen molar-refractivity contribution in [1.29, 1.82) is 0 Å². The second-order valence-electron chi connectivity index (χ2n) is 4.91. The van der Waals surface area contributed by atoms with Gasteiger partial charge in [-0.15, -0.1) is 24.8 Å². The minimum atomic E-state index is -0.0389. The van der Waals surface area contributed by atoms with Gasteiger partial charge in [0, 0.05) is 12.1 Å². The zero-order valence-electron chi connectivity index (χ0n) is 13.1. The van der Waals surface area contributed by atoms with Gasteiger partial charge >= 0.3 is 0 Å². The Morgan fingerprint density at radius 2 is 1.91 bits per heavy atom. The predicted octanol–water partition coefficient (Wildman–Crippen LogP) is 2.89. The van der Waals surface area contributed by atoms with Crippen LogP contribution in [-0.4, -0.2) is 24.0 Å². The molecule has 1 aromatic heterocycles. The number of carbonyl (C=O) groups excluding carboxylic acids is 1. The highest BCUT2D eigenvalue weighted by molar-refractivity contribution is 5.85. The molecule has 0 saturated heterocycles. The van der Waals surface area contributed by atoms with Crippen LogP contribution in [0.1, 0.15) is 24.3 Å². The Morgan fingerprint density at radius 3 is 2.57 bits per heavy atom. The SMILES string of the molecule is Cc1oc(-c2ccccc2)nc1CC(=O)NCCCCN.Cl.Cl. The van der Waals surface area contributed by atoms with Gasteiger partial charge in [-0.25, -0.2) is 4.98 Å². The van der Waals surface area contributed by atoms with Gasteiger partial charge in [0.1, 0.15) is 5.76 Å². The van der Waals surface area contributed by atoms with Gasteiger partial charge in [0.15, 0.2) is 0 Å². The third-order valence-electron chi connectivity index (χ3n) is 3.19. The molecule has 1 amide bonds. The van der Waals surface area contributed by atoms with Crippen LogP contribution in [0.3, 0.4) is 0 Å². The maximum Gasteiger partial charge on any atom is 0.226 e. The van der Waals surface area contributed by atoms with Gasteiger partial charge in [-0.2, -0.15) is 0 Å². The summed E-state index contributed by atoms with van der Waals surface area (Å²) < 4.78 is 5.64. The van der Waals surface area contributed by atoms with E-state index < -0.39 is 0 Å². The number of oxazole rings is 1. The van der Waals surface area contributed by atoms with Gasteiger partial charge < -0.3 is 15.5 Å². The van der Waals surface area contributed by atoms with Crippen LogP contribution in [0.25, 0.3) is 11.5 Å². The number of hydrogen-bond donors (Lipinski definition) is 2. The van der Waals surface area contributed by atoms with Crippen LogP contribution in [0.4, 0.5) is 0 Å². The number of nitrogens with two attached hydrogens (primary N) is 1. The van der Waals surface area contributed by atoms with Crippen LogP contribution in [-0.2, 0) is 11.2 Å². The lowest BCUT2D eigenvalue weighted by atomic mass is 10.2. The summed E-state index contributed by atoms with van der Waals surface area (Å²) in [5, 5.41) is 2.87. The number of unbranched alkanes of at least 4 members (excludes halogenated alkanes) is 1. The largest absolute Gasteiger partial charge is 0.441 e. The summed E-state index contributed by atoms with van der Waals surface area (Å²) in [6, 6.07) is 9.66. The molecular weight excluding hydrogens is 337 g/mol. The first-order valence-electron chi connectivity index (χ1n) is 7.19. The van der Waals surface area contributed by atoms with Crippen molar-refractivity contribution in [2.75, 3.05) is 13.1 Å². The molecule has 5 nitrogen and oxygen atoms in total. The lowest BCUT2D eigenvalue weighted by Crippen LogP contribution is -2.26. The molecule has 7 heteroatoms. The molecule has 1 heterocycles. The number of hydrogen-bond acceptors (Lipinski definition) is 4. The van der Waals surface area contributed by atoms with E-state index in [4.69, 9.17) is 10.2 Å². The lowest BCUT2D eigenvalue weighted by Gasteiger charge is -2.03. The van der Waals surface area contributed by atoms with Crippen molar-refractivity contribution in [3.05, 3.63) is 41.8 Å². The molecule has 0 fully saturated rings. The fraction of sp³-hybridized carbons (Fsp3) is 0.375. The fourth-order valence-corrected chi connectivity index (χ4v) is 2.01. The van der Waals surface area contributed by atoms with Gasteiger partial charge in [0.05, 0.1) is 12.1 Å². The third kappa shape index (κ3) is 6.60. The Kier molecular flexibility index (Phi) is 10.3. The van der Waals surface area contributed by atoms with Crippen LogP contribution < -0.4 is 11.1 Å². The molecule has 3 N–H and O–H groups in total. The van der Waals surface area contributed by atoms with Crippen molar-refractivity contribution in [1.82, 2.24) is 10.3 Å². The third-order valence-corrected chi connectivity index (χ3v) is 3.19. The number of aryl methyl sites for hydroxylation is 1. The number of aromatic nitrogens is 1. The number of benzene rings is 1. The number of halogens is 2. The van der Waals surface area contributed by atoms with Crippen molar-refractivity contribution < 1.29 is 9.21 Å². The summed E-state index contributed by atoms with van der Waals surface area (Å²) in [6.07, 6.45) is 2.06. The fourth-order valence-electron chi connectivity index (χ4n) is 2.01. The average molecular weight is 360 g/mol.